The molecule has 0 spiro atoms. The summed E-state index contributed by atoms with van der Waals surface area (Å²) in [6.45, 7) is 2.43. The average molecular weight is 289 g/mol. The van der Waals surface area contributed by atoms with Crippen molar-refractivity contribution < 1.29 is 14.3 Å². The molecule has 114 valence electrons. The van der Waals surface area contributed by atoms with Crippen LogP contribution in [-0.2, 0) is 4.79 Å². The molecule has 0 heterocycles. The van der Waals surface area contributed by atoms with Crippen molar-refractivity contribution in [2.45, 2.75) is 32.3 Å². The Morgan fingerprint density at radius 2 is 2.14 bits per heavy atom. The van der Waals surface area contributed by atoms with E-state index in [4.69, 9.17) is 9.47 Å². The van der Waals surface area contributed by atoms with Crippen molar-refractivity contribution in [3.05, 3.63) is 36.4 Å². The molecular weight excluding hydrogens is 266 g/mol. The van der Waals surface area contributed by atoms with Crippen molar-refractivity contribution >= 4 is 5.91 Å². The topological polar surface area (TPSA) is 47.6 Å². The van der Waals surface area contributed by atoms with Gasteiger partial charge in [-0.25, -0.2) is 0 Å². The van der Waals surface area contributed by atoms with Gasteiger partial charge in [0, 0.05) is 6.42 Å². The van der Waals surface area contributed by atoms with Gasteiger partial charge in [-0.2, -0.15) is 0 Å². The highest BCUT2D eigenvalue weighted by atomic mass is 16.5. The third-order valence-electron chi connectivity index (χ3n) is 3.54. The molecule has 0 saturated carbocycles. The van der Waals surface area contributed by atoms with E-state index in [1.165, 1.54) is 0 Å². The molecule has 0 unspecified atom stereocenters. The highest BCUT2D eigenvalue weighted by Gasteiger charge is 2.15. The highest BCUT2D eigenvalue weighted by Crippen LogP contribution is 2.26. The second kappa shape index (κ2) is 7.72. The quantitative estimate of drug-likeness (QED) is 0.785. The number of carbonyl (C=O) groups excluding carboxylic acids is 1. The van der Waals surface area contributed by atoms with E-state index in [0.29, 0.717) is 30.4 Å². The summed E-state index contributed by atoms with van der Waals surface area (Å²) in [6.07, 6.45) is 6.91. The fraction of sp³-hybridized carbons (Fsp3) is 0.471. The van der Waals surface area contributed by atoms with Gasteiger partial charge in [-0.05, 0) is 37.8 Å². The molecule has 0 bridgehead atoms. The van der Waals surface area contributed by atoms with Crippen LogP contribution in [0.4, 0.5) is 0 Å². The largest absolute Gasteiger partial charge is 0.493 e. The standard InChI is InChI=1S/C17H23NO3/c1-13(21-16-10-6-5-9-15(16)20-2)12-18-17(19)11-14-7-3-4-8-14/h3,5-7,9-10,13-14H,4,8,11-12H2,1-2H3,(H,18,19)/t13-,14-/m0/s1. The van der Waals surface area contributed by atoms with Gasteiger partial charge < -0.3 is 14.8 Å². The van der Waals surface area contributed by atoms with Crippen LogP contribution in [0.1, 0.15) is 26.2 Å². The van der Waals surface area contributed by atoms with Crippen LogP contribution in [0.3, 0.4) is 0 Å². The van der Waals surface area contributed by atoms with Crippen molar-refractivity contribution in [1.82, 2.24) is 5.32 Å². The van der Waals surface area contributed by atoms with Gasteiger partial charge >= 0.3 is 0 Å². The first-order valence-electron chi connectivity index (χ1n) is 7.42. The maximum Gasteiger partial charge on any atom is 0.220 e. The lowest BCUT2D eigenvalue weighted by Gasteiger charge is -2.17. The molecule has 4 heteroatoms. The Hall–Kier alpha value is -1.97. The summed E-state index contributed by atoms with van der Waals surface area (Å²) in [4.78, 5) is 11.9. The Morgan fingerprint density at radius 1 is 1.38 bits per heavy atom. The maximum atomic E-state index is 11.9. The van der Waals surface area contributed by atoms with Crippen molar-refractivity contribution in [2.24, 2.45) is 5.92 Å². The second-order valence-corrected chi connectivity index (χ2v) is 5.35. The van der Waals surface area contributed by atoms with Crippen molar-refractivity contribution in [3.8, 4) is 11.5 Å². The number of rotatable bonds is 7. The van der Waals surface area contributed by atoms with Crippen LogP contribution in [0.25, 0.3) is 0 Å². The third-order valence-corrected chi connectivity index (χ3v) is 3.54. The summed E-state index contributed by atoms with van der Waals surface area (Å²) >= 11 is 0. The maximum absolute atomic E-state index is 11.9. The molecule has 1 aromatic rings. The summed E-state index contributed by atoms with van der Waals surface area (Å²) in [5.41, 5.74) is 0. The predicted octanol–water partition coefficient (Wildman–Crippen LogP) is 2.94. The fourth-order valence-corrected chi connectivity index (χ4v) is 2.41. The van der Waals surface area contributed by atoms with Crippen LogP contribution in [0.15, 0.2) is 36.4 Å². The van der Waals surface area contributed by atoms with E-state index < -0.39 is 0 Å². The van der Waals surface area contributed by atoms with Crippen molar-refractivity contribution in [1.29, 1.82) is 0 Å². The van der Waals surface area contributed by atoms with Gasteiger partial charge in [0.25, 0.3) is 0 Å². The Labute approximate surface area is 126 Å². The summed E-state index contributed by atoms with van der Waals surface area (Å²) in [7, 11) is 1.61. The minimum Gasteiger partial charge on any atom is -0.493 e. The lowest BCUT2D eigenvalue weighted by Crippen LogP contribution is -2.34. The number of methoxy groups -OCH3 is 1. The Kier molecular flexibility index (Phi) is 5.67. The fourth-order valence-electron chi connectivity index (χ4n) is 2.41. The zero-order valence-corrected chi connectivity index (χ0v) is 12.7. The number of carbonyl (C=O) groups is 1. The van der Waals surface area contributed by atoms with E-state index in [9.17, 15) is 4.79 Å². The number of hydrogen-bond acceptors (Lipinski definition) is 3. The number of para-hydroxylation sites is 2. The lowest BCUT2D eigenvalue weighted by atomic mass is 10.1. The SMILES string of the molecule is COc1ccccc1O[C@@H](C)CNC(=O)C[C@H]1C=CCC1. The molecule has 2 atom stereocenters. The van der Waals surface area contributed by atoms with E-state index in [-0.39, 0.29) is 12.0 Å². The minimum atomic E-state index is -0.107. The second-order valence-electron chi connectivity index (χ2n) is 5.35. The van der Waals surface area contributed by atoms with E-state index in [1.54, 1.807) is 7.11 Å². The van der Waals surface area contributed by atoms with E-state index in [0.717, 1.165) is 12.8 Å². The first kappa shape index (κ1) is 15.4. The molecule has 2 rings (SSSR count). The number of benzene rings is 1. The van der Waals surface area contributed by atoms with E-state index in [2.05, 4.69) is 17.5 Å². The third kappa shape index (κ3) is 4.81. The average Bonchev–Trinajstić information content (AvgIpc) is 2.98. The predicted molar refractivity (Wildman–Crippen MR) is 82.6 cm³/mol. The summed E-state index contributed by atoms with van der Waals surface area (Å²) in [6, 6.07) is 7.51. The number of amides is 1. The highest BCUT2D eigenvalue weighted by molar-refractivity contribution is 5.76. The molecule has 0 radical (unpaired) electrons. The molecular formula is C17H23NO3. The van der Waals surface area contributed by atoms with Crippen LogP contribution in [0.2, 0.25) is 0 Å². The molecule has 1 amide bonds. The van der Waals surface area contributed by atoms with Crippen LogP contribution < -0.4 is 14.8 Å². The van der Waals surface area contributed by atoms with E-state index in [1.807, 2.05) is 31.2 Å². The molecule has 0 fully saturated rings. The zero-order chi connectivity index (χ0) is 15.1. The van der Waals surface area contributed by atoms with Gasteiger partial charge in [-0.1, -0.05) is 24.3 Å². The normalized spacial score (nSPS) is 18.3. The zero-order valence-electron chi connectivity index (χ0n) is 12.7. The van der Waals surface area contributed by atoms with E-state index >= 15 is 0 Å². The summed E-state index contributed by atoms with van der Waals surface area (Å²) < 4.78 is 11.0. The number of allylic oxidation sites excluding steroid dienone is 2. The van der Waals surface area contributed by atoms with Gasteiger partial charge in [0.05, 0.1) is 13.7 Å². The molecule has 1 aromatic carbocycles. The first-order chi connectivity index (χ1) is 10.2. The van der Waals surface area contributed by atoms with Crippen LogP contribution in [0, 0.1) is 5.92 Å². The Morgan fingerprint density at radius 3 is 2.81 bits per heavy atom. The molecule has 1 N–H and O–H groups in total. The van der Waals surface area contributed by atoms with Gasteiger partial charge in [-0.3, -0.25) is 4.79 Å². The van der Waals surface area contributed by atoms with Gasteiger partial charge in [0.15, 0.2) is 11.5 Å². The molecule has 0 aromatic heterocycles. The number of ether oxygens (including phenoxy) is 2. The van der Waals surface area contributed by atoms with Crippen LogP contribution >= 0.6 is 0 Å². The Bertz CT molecular complexity index is 499. The minimum absolute atomic E-state index is 0.0852. The monoisotopic (exact) mass is 289 g/mol. The number of hydrogen-bond donors (Lipinski definition) is 1. The van der Waals surface area contributed by atoms with Crippen molar-refractivity contribution in [2.75, 3.05) is 13.7 Å². The van der Waals surface area contributed by atoms with Gasteiger partial charge in [0.2, 0.25) is 5.91 Å². The summed E-state index contributed by atoms with van der Waals surface area (Å²) in [5.74, 6) is 1.88. The van der Waals surface area contributed by atoms with Crippen molar-refractivity contribution in [3.63, 3.8) is 0 Å². The van der Waals surface area contributed by atoms with Crippen LogP contribution in [-0.4, -0.2) is 25.7 Å². The first-order valence-corrected chi connectivity index (χ1v) is 7.42. The van der Waals surface area contributed by atoms with Gasteiger partial charge in [0.1, 0.15) is 6.10 Å². The molecule has 1 aliphatic carbocycles. The Balaban J connectivity index is 1.75. The number of nitrogens with one attached hydrogen (secondary N) is 1. The van der Waals surface area contributed by atoms with Gasteiger partial charge in [-0.15, -0.1) is 0 Å². The molecule has 0 saturated heterocycles. The summed E-state index contributed by atoms with van der Waals surface area (Å²) in [5, 5.41) is 2.93. The smallest absolute Gasteiger partial charge is 0.220 e. The molecule has 1 aliphatic rings. The van der Waals surface area contributed by atoms with Crippen LogP contribution in [0.5, 0.6) is 11.5 Å². The molecule has 21 heavy (non-hydrogen) atoms. The molecule has 4 nitrogen and oxygen atoms in total. The molecule has 0 aliphatic heterocycles. The lowest BCUT2D eigenvalue weighted by molar-refractivity contribution is -0.122.